The Morgan fingerprint density at radius 2 is 1.80 bits per heavy atom. The van der Waals surface area contributed by atoms with E-state index in [2.05, 4.69) is 50.5 Å². The first-order valence-corrected chi connectivity index (χ1v) is 12.9. The molecule has 0 spiro atoms. The van der Waals surface area contributed by atoms with Crippen molar-refractivity contribution in [3.05, 3.63) is 53.1 Å². The summed E-state index contributed by atoms with van der Waals surface area (Å²) in [6.45, 7) is 9.74. The van der Waals surface area contributed by atoms with Crippen LogP contribution in [0.3, 0.4) is 0 Å². The van der Waals surface area contributed by atoms with E-state index in [9.17, 15) is 8.42 Å². The smallest absolute Gasteiger partial charge is 0.243 e. The molecule has 1 saturated heterocycles. The highest BCUT2D eigenvalue weighted by Gasteiger charge is 2.28. The summed E-state index contributed by atoms with van der Waals surface area (Å²) in [5.74, 6) is 0.836. The van der Waals surface area contributed by atoms with Gasteiger partial charge in [0.25, 0.3) is 0 Å². The molecule has 1 aliphatic heterocycles. The Kier molecular flexibility index (Phi) is 5.97. The highest BCUT2D eigenvalue weighted by Crippen LogP contribution is 2.32. The number of fused-ring (bicyclic) bond motifs is 1. The van der Waals surface area contributed by atoms with Gasteiger partial charge in [0.1, 0.15) is 0 Å². The van der Waals surface area contributed by atoms with Crippen molar-refractivity contribution in [2.75, 3.05) is 13.1 Å². The van der Waals surface area contributed by atoms with Crippen molar-refractivity contribution in [2.45, 2.75) is 62.4 Å². The second-order valence-corrected chi connectivity index (χ2v) is 11.2. The van der Waals surface area contributed by atoms with E-state index in [-0.39, 0.29) is 6.04 Å². The fraction of sp³-hybridized carbons (Fsp3) is 0.435. The van der Waals surface area contributed by atoms with Crippen LogP contribution < -0.4 is 0 Å². The molecule has 0 bridgehead atoms. The van der Waals surface area contributed by atoms with Gasteiger partial charge < -0.3 is 4.57 Å². The van der Waals surface area contributed by atoms with Crippen LogP contribution in [0.4, 0.5) is 0 Å². The van der Waals surface area contributed by atoms with Gasteiger partial charge in [-0.1, -0.05) is 35.5 Å². The zero-order chi connectivity index (χ0) is 21.5. The Bertz CT molecular complexity index is 1180. The van der Waals surface area contributed by atoms with Crippen LogP contribution in [0.1, 0.15) is 49.4 Å². The number of rotatable bonds is 6. The lowest BCUT2D eigenvalue weighted by molar-refractivity contribution is 0.477. The number of imidazole rings is 1. The lowest BCUT2D eigenvalue weighted by Crippen LogP contribution is -2.27. The monoisotopic (exact) mass is 443 g/mol. The van der Waals surface area contributed by atoms with Gasteiger partial charge in [0.15, 0.2) is 5.16 Å². The second kappa shape index (κ2) is 8.36. The number of benzene rings is 2. The highest BCUT2D eigenvalue weighted by atomic mass is 32.2. The Balaban J connectivity index is 1.69. The maximum absolute atomic E-state index is 13.0. The molecule has 0 saturated carbocycles. The maximum atomic E-state index is 13.0. The molecule has 0 N–H and O–H groups in total. The summed E-state index contributed by atoms with van der Waals surface area (Å²) in [4.78, 5) is 5.19. The van der Waals surface area contributed by atoms with Gasteiger partial charge in [0, 0.05) is 24.9 Å². The lowest BCUT2D eigenvalue weighted by Gasteiger charge is -2.16. The summed E-state index contributed by atoms with van der Waals surface area (Å²) < 4.78 is 29.7. The molecule has 7 heteroatoms. The number of aryl methyl sites for hydroxylation is 2. The molecular weight excluding hydrogens is 414 g/mol. The van der Waals surface area contributed by atoms with Gasteiger partial charge in [-0.3, -0.25) is 0 Å². The van der Waals surface area contributed by atoms with E-state index in [4.69, 9.17) is 4.98 Å². The molecule has 0 unspecified atom stereocenters. The van der Waals surface area contributed by atoms with Crippen LogP contribution in [0.25, 0.3) is 11.0 Å². The van der Waals surface area contributed by atoms with Crippen molar-refractivity contribution in [1.82, 2.24) is 13.9 Å². The normalized spacial score (nSPS) is 15.5. The summed E-state index contributed by atoms with van der Waals surface area (Å²) in [6.07, 6.45) is 1.87. The summed E-state index contributed by atoms with van der Waals surface area (Å²) in [6, 6.07) is 12.1. The van der Waals surface area contributed by atoms with Crippen LogP contribution in [0.2, 0.25) is 0 Å². The van der Waals surface area contributed by atoms with Crippen LogP contribution in [-0.2, 0) is 15.8 Å². The zero-order valence-electron chi connectivity index (χ0n) is 18.1. The van der Waals surface area contributed by atoms with Gasteiger partial charge in [-0.25, -0.2) is 13.4 Å². The van der Waals surface area contributed by atoms with E-state index < -0.39 is 10.0 Å². The SMILES string of the molecule is Cc1ccc(C)c(CSc2nc3cc(S(=O)(=O)N4CCCC4)ccc3n2C(C)C)c1. The Morgan fingerprint density at radius 3 is 2.50 bits per heavy atom. The summed E-state index contributed by atoms with van der Waals surface area (Å²) in [5.41, 5.74) is 5.56. The zero-order valence-corrected chi connectivity index (χ0v) is 19.7. The van der Waals surface area contributed by atoms with Crippen LogP contribution in [0.15, 0.2) is 46.5 Å². The fourth-order valence-electron chi connectivity index (χ4n) is 3.99. The van der Waals surface area contributed by atoms with Crippen molar-refractivity contribution >= 4 is 32.8 Å². The molecular formula is C23H29N3O2S2. The fourth-order valence-corrected chi connectivity index (χ4v) is 6.74. The number of aromatic nitrogens is 2. The third kappa shape index (κ3) is 4.03. The number of hydrogen-bond donors (Lipinski definition) is 0. The number of nitrogens with zero attached hydrogens (tertiary/aromatic N) is 3. The third-order valence-electron chi connectivity index (χ3n) is 5.71. The Morgan fingerprint density at radius 1 is 1.07 bits per heavy atom. The molecule has 1 fully saturated rings. The molecule has 5 nitrogen and oxygen atoms in total. The topological polar surface area (TPSA) is 55.2 Å². The highest BCUT2D eigenvalue weighted by molar-refractivity contribution is 7.98. The quantitative estimate of drug-likeness (QED) is 0.485. The van der Waals surface area contributed by atoms with E-state index in [0.29, 0.717) is 18.0 Å². The molecule has 0 radical (unpaired) electrons. The summed E-state index contributed by atoms with van der Waals surface area (Å²) in [7, 11) is -3.44. The molecule has 1 aliphatic rings. The molecule has 0 aliphatic carbocycles. The van der Waals surface area contributed by atoms with Gasteiger partial charge >= 0.3 is 0 Å². The van der Waals surface area contributed by atoms with E-state index >= 15 is 0 Å². The van der Waals surface area contributed by atoms with Gasteiger partial charge in [-0.15, -0.1) is 0 Å². The first-order chi connectivity index (χ1) is 14.3. The standard InChI is InChI=1S/C23H29N3O2S2/c1-16(2)26-22-10-9-20(30(27,28)25-11-5-6-12-25)14-21(22)24-23(26)29-15-19-13-17(3)7-8-18(19)4/h7-10,13-14,16H,5-6,11-12,15H2,1-4H3. The first kappa shape index (κ1) is 21.4. The van der Waals surface area contributed by atoms with Crippen molar-refractivity contribution < 1.29 is 8.42 Å². The predicted octanol–water partition coefficient (Wildman–Crippen LogP) is 5.31. The van der Waals surface area contributed by atoms with Crippen molar-refractivity contribution in [3.8, 4) is 0 Å². The maximum Gasteiger partial charge on any atom is 0.243 e. The van der Waals surface area contributed by atoms with Crippen molar-refractivity contribution in [3.63, 3.8) is 0 Å². The Labute approximate surface area is 183 Å². The van der Waals surface area contributed by atoms with Crippen molar-refractivity contribution in [1.29, 1.82) is 0 Å². The van der Waals surface area contributed by atoms with E-state index in [1.54, 1.807) is 28.2 Å². The van der Waals surface area contributed by atoms with E-state index in [1.165, 1.54) is 16.7 Å². The molecule has 2 heterocycles. The third-order valence-corrected chi connectivity index (χ3v) is 8.61. The molecule has 160 valence electrons. The minimum absolute atomic E-state index is 0.233. The van der Waals surface area contributed by atoms with Crippen LogP contribution >= 0.6 is 11.8 Å². The average Bonchev–Trinajstić information content (AvgIpc) is 3.36. The number of thioether (sulfide) groups is 1. The minimum Gasteiger partial charge on any atom is -0.316 e. The minimum atomic E-state index is -3.44. The van der Waals surface area contributed by atoms with Gasteiger partial charge in [-0.2, -0.15) is 4.31 Å². The number of sulfonamides is 1. The molecule has 2 aromatic carbocycles. The average molecular weight is 444 g/mol. The largest absolute Gasteiger partial charge is 0.316 e. The molecule has 0 atom stereocenters. The molecule has 0 amide bonds. The molecule has 4 rings (SSSR count). The van der Waals surface area contributed by atoms with Gasteiger partial charge in [0.2, 0.25) is 10.0 Å². The van der Waals surface area contributed by atoms with E-state index in [0.717, 1.165) is 34.8 Å². The van der Waals surface area contributed by atoms with Crippen molar-refractivity contribution in [2.24, 2.45) is 0 Å². The summed E-state index contributed by atoms with van der Waals surface area (Å²) >= 11 is 1.71. The van der Waals surface area contributed by atoms with Gasteiger partial charge in [0.05, 0.1) is 15.9 Å². The van der Waals surface area contributed by atoms with Crippen LogP contribution in [-0.4, -0.2) is 35.4 Å². The summed E-state index contributed by atoms with van der Waals surface area (Å²) in [5, 5.41) is 0.927. The number of hydrogen-bond acceptors (Lipinski definition) is 4. The molecule has 30 heavy (non-hydrogen) atoms. The van der Waals surface area contributed by atoms with Crippen LogP contribution in [0.5, 0.6) is 0 Å². The molecule has 1 aromatic heterocycles. The lowest BCUT2D eigenvalue weighted by atomic mass is 10.1. The predicted molar refractivity (Wildman–Crippen MR) is 124 cm³/mol. The Hall–Kier alpha value is -1.83. The van der Waals surface area contributed by atoms with E-state index in [1.807, 2.05) is 6.07 Å². The first-order valence-electron chi connectivity index (χ1n) is 10.5. The second-order valence-electron chi connectivity index (χ2n) is 8.34. The van der Waals surface area contributed by atoms with Crippen LogP contribution in [0, 0.1) is 13.8 Å². The molecule has 3 aromatic rings. The van der Waals surface area contributed by atoms with Gasteiger partial charge in [-0.05, 0) is 69.9 Å².